The van der Waals surface area contributed by atoms with Crippen LogP contribution in [0.1, 0.15) is 53.9 Å². The van der Waals surface area contributed by atoms with Crippen molar-refractivity contribution in [1.82, 2.24) is 9.80 Å². The van der Waals surface area contributed by atoms with Crippen molar-refractivity contribution in [2.45, 2.75) is 81.5 Å². The van der Waals surface area contributed by atoms with Crippen molar-refractivity contribution in [3.8, 4) is 0 Å². The summed E-state index contributed by atoms with van der Waals surface area (Å²) in [7, 11) is 0. The van der Waals surface area contributed by atoms with Crippen LogP contribution in [0.3, 0.4) is 0 Å². The number of thioether (sulfide) groups is 1. The van der Waals surface area contributed by atoms with Gasteiger partial charge in [0.1, 0.15) is 6.04 Å². The van der Waals surface area contributed by atoms with Crippen molar-refractivity contribution in [2.75, 3.05) is 19.8 Å². The van der Waals surface area contributed by atoms with Crippen molar-refractivity contribution in [3.05, 3.63) is 25.3 Å². The Kier molecular flexibility index (Phi) is 7.92. The van der Waals surface area contributed by atoms with Gasteiger partial charge < -0.3 is 19.6 Å². The summed E-state index contributed by atoms with van der Waals surface area (Å²) in [5, 5.41) is 9.96. The Hall–Kier alpha value is -1.80. The highest BCUT2D eigenvalue weighted by molar-refractivity contribution is 8.02. The second-order valence-electron chi connectivity index (χ2n) is 10.8. The highest BCUT2D eigenvalue weighted by Gasteiger charge is 2.77. The van der Waals surface area contributed by atoms with Crippen LogP contribution in [0.4, 0.5) is 0 Å². The zero-order valence-corrected chi connectivity index (χ0v) is 22.0. The largest absolute Gasteiger partial charge is 0.465 e. The number of carbonyl (C=O) groups is 3. The number of carbonyl (C=O) groups excluding carboxylic acids is 3. The van der Waals surface area contributed by atoms with Crippen molar-refractivity contribution in [1.29, 1.82) is 0 Å². The molecule has 3 heterocycles. The van der Waals surface area contributed by atoms with E-state index in [0.717, 1.165) is 12.8 Å². The number of amides is 2. The highest BCUT2D eigenvalue weighted by Crippen LogP contribution is 2.69. The molecule has 3 fully saturated rings. The molecule has 0 aliphatic carbocycles. The lowest BCUT2D eigenvalue weighted by atomic mass is 9.66. The Bertz CT molecular complexity index is 840. The summed E-state index contributed by atoms with van der Waals surface area (Å²) >= 11 is 1.62. The number of hydrogen-bond donors (Lipinski definition) is 1. The van der Waals surface area contributed by atoms with Gasteiger partial charge in [-0.2, -0.15) is 0 Å². The smallest absolute Gasteiger partial charge is 0.310 e. The van der Waals surface area contributed by atoms with Gasteiger partial charge in [0.25, 0.3) is 0 Å². The van der Waals surface area contributed by atoms with Crippen LogP contribution < -0.4 is 0 Å². The second-order valence-corrected chi connectivity index (χ2v) is 12.4. The van der Waals surface area contributed by atoms with E-state index in [-0.39, 0.29) is 35.6 Å². The Balaban J connectivity index is 2.04. The molecule has 8 heteroatoms. The van der Waals surface area contributed by atoms with E-state index in [1.54, 1.807) is 40.6 Å². The summed E-state index contributed by atoms with van der Waals surface area (Å²) in [6, 6.07) is -1.29. The van der Waals surface area contributed by atoms with E-state index < -0.39 is 34.2 Å². The minimum atomic E-state index is -0.755. The number of fused-ring (bicyclic) bond motifs is 1. The minimum absolute atomic E-state index is 0.0553. The lowest BCUT2D eigenvalue weighted by Gasteiger charge is -2.44. The first-order valence-electron chi connectivity index (χ1n) is 12.3. The fraction of sp³-hybridized carbons (Fsp3) is 0.731. The third-order valence-electron chi connectivity index (χ3n) is 7.61. The molecule has 3 aliphatic rings. The molecule has 3 unspecified atom stereocenters. The number of ether oxygens (including phenoxy) is 1. The zero-order chi connectivity index (χ0) is 25.4. The summed E-state index contributed by atoms with van der Waals surface area (Å²) in [6.45, 7) is 17.6. The third-order valence-corrected chi connectivity index (χ3v) is 9.69. The van der Waals surface area contributed by atoms with Gasteiger partial charge in [0.05, 0.1) is 35.8 Å². The molecule has 34 heavy (non-hydrogen) atoms. The van der Waals surface area contributed by atoms with Crippen LogP contribution in [0.5, 0.6) is 0 Å². The Labute approximate surface area is 208 Å². The lowest BCUT2D eigenvalue weighted by Crippen LogP contribution is -2.61. The number of aliphatic hydroxyl groups excluding tert-OH is 1. The second kappa shape index (κ2) is 10.1. The van der Waals surface area contributed by atoms with E-state index in [4.69, 9.17) is 4.74 Å². The van der Waals surface area contributed by atoms with Gasteiger partial charge in [-0.1, -0.05) is 19.1 Å². The van der Waals surface area contributed by atoms with Crippen molar-refractivity contribution < 1.29 is 24.2 Å². The number of aliphatic hydroxyl groups is 1. The minimum Gasteiger partial charge on any atom is -0.465 e. The van der Waals surface area contributed by atoms with Gasteiger partial charge in [0, 0.05) is 17.3 Å². The molecular weight excluding hydrogens is 452 g/mol. The fourth-order valence-corrected chi connectivity index (χ4v) is 8.43. The van der Waals surface area contributed by atoms with Crippen molar-refractivity contribution in [2.24, 2.45) is 17.8 Å². The SMILES string of the molecule is C=CCCCOC(=O)[C@@H]1[C@@H]2CC(C)C3(S2)C(C(=O)N(CC=C)C(C)(C)C)N([C@H](C)CO)C(=O)[C@H]13. The van der Waals surface area contributed by atoms with E-state index >= 15 is 0 Å². The monoisotopic (exact) mass is 492 g/mol. The topological polar surface area (TPSA) is 87.2 Å². The number of rotatable bonds is 10. The molecule has 190 valence electrons. The molecule has 0 saturated carbocycles. The van der Waals surface area contributed by atoms with Gasteiger partial charge in [-0.25, -0.2) is 0 Å². The van der Waals surface area contributed by atoms with Gasteiger partial charge in [0.15, 0.2) is 0 Å². The zero-order valence-electron chi connectivity index (χ0n) is 21.2. The van der Waals surface area contributed by atoms with Crippen molar-refractivity contribution >= 4 is 29.5 Å². The van der Waals surface area contributed by atoms with E-state index in [1.807, 2.05) is 20.8 Å². The van der Waals surface area contributed by atoms with Crippen LogP contribution in [0.25, 0.3) is 0 Å². The number of likely N-dealkylation sites (tertiary alicyclic amines) is 1. The van der Waals surface area contributed by atoms with Gasteiger partial charge in [-0.3, -0.25) is 14.4 Å². The summed E-state index contributed by atoms with van der Waals surface area (Å²) in [4.78, 5) is 44.7. The average Bonchev–Trinajstić information content (AvgIpc) is 3.37. The van der Waals surface area contributed by atoms with Crippen LogP contribution in [0, 0.1) is 17.8 Å². The van der Waals surface area contributed by atoms with Gasteiger partial charge in [0.2, 0.25) is 11.8 Å². The maximum Gasteiger partial charge on any atom is 0.310 e. The Morgan fingerprint density at radius 1 is 1.35 bits per heavy atom. The maximum atomic E-state index is 14.2. The van der Waals surface area contributed by atoms with Crippen LogP contribution in [-0.2, 0) is 19.1 Å². The van der Waals surface area contributed by atoms with E-state index in [0.29, 0.717) is 19.6 Å². The Morgan fingerprint density at radius 3 is 2.59 bits per heavy atom. The van der Waals surface area contributed by atoms with E-state index in [1.165, 1.54) is 0 Å². The number of esters is 1. The molecule has 0 aromatic heterocycles. The maximum absolute atomic E-state index is 14.2. The number of unbranched alkanes of at least 4 members (excludes halogenated alkanes) is 1. The fourth-order valence-electron chi connectivity index (χ4n) is 6.04. The van der Waals surface area contributed by atoms with E-state index in [9.17, 15) is 19.5 Å². The summed E-state index contributed by atoms with van der Waals surface area (Å²) in [6.07, 6.45) is 5.68. The predicted octanol–water partition coefficient (Wildman–Crippen LogP) is 3.03. The molecule has 1 N–H and O–H groups in total. The molecule has 3 rings (SSSR count). The van der Waals surface area contributed by atoms with E-state index in [2.05, 4.69) is 20.1 Å². The molecule has 0 aromatic carbocycles. The number of nitrogens with zero attached hydrogens (tertiary/aromatic N) is 2. The van der Waals surface area contributed by atoms with Crippen LogP contribution in [-0.4, -0.2) is 80.1 Å². The van der Waals surface area contributed by atoms with Gasteiger partial charge in [-0.15, -0.1) is 24.9 Å². The normalized spacial score (nSPS) is 32.9. The molecule has 0 radical (unpaired) electrons. The summed E-state index contributed by atoms with van der Waals surface area (Å²) in [5.41, 5.74) is -0.481. The lowest BCUT2D eigenvalue weighted by molar-refractivity contribution is -0.155. The third kappa shape index (κ3) is 4.21. The summed E-state index contributed by atoms with van der Waals surface area (Å²) < 4.78 is 4.87. The predicted molar refractivity (Wildman–Crippen MR) is 134 cm³/mol. The van der Waals surface area contributed by atoms with Crippen LogP contribution in [0.2, 0.25) is 0 Å². The molecule has 3 saturated heterocycles. The molecule has 7 atom stereocenters. The molecule has 1 spiro atoms. The molecule has 3 aliphatic heterocycles. The average molecular weight is 493 g/mol. The first kappa shape index (κ1) is 26.8. The number of hydrogen-bond acceptors (Lipinski definition) is 6. The first-order valence-corrected chi connectivity index (χ1v) is 13.2. The summed E-state index contributed by atoms with van der Waals surface area (Å²) in [5.74, 6) is -1.86. The molecule has 7 nitrogen and oxygen atoms in total. The molecule has 0 aromatic rings. The first-order chi connectivity index (χ1) is 16.0. The van der Waals surface area contributed by atoms with Crippen LogP contribution in [0.15, 0.2) is 25.3 Å². The highest BCUT2D eigenvalue weighted by atomic mass is 32.2. The molecule has 2 amide bonds. The molecular formula is C26H40N2O5S. The number of allylic oxidation sites excluding steroid dienone is 1. The molecule has 2 bridgehead atoms. The van der Waals surface area contributed by atoms with Crippen molar-refractivity contribution in [3.63, 3.8) is 0 Å². The Morgan fingerprint density at radius 2 is 2.03 bits per heavy atom. The van der Waals surface area contributed by atoms with Gasteiger partial charge >= 0.3 is 5.97 Å². The van der Waals surface area contributed by atoms with Crippen LogP contribution >= 0.6 is 11.8 Å². The standard InChI is InChI=1S/C26H40N2O5S/c1-8-10-11-13-33-24(32)19-18-14-16(3)26(34-18)20(19)22(30)28(17(4)15-29)21(26)23(31)27(12-9-2)25(5,6)7/h8-9,16-21,29H,1-2,10-15H2,3-7H3/t16?,17-,18+,19-,20+,21?,26?/m1/s1. The quantitative estimate of drug-likeness (QED) is 0.287. The van der Waals surface area contributed by atoms with Gasteiger partial charge in [-0.05, 0) is 52.9 Å².